The summed E-state index contributed by atoms with van der Waals surface area (Å²) in [7, 11) is 1.76. The molecule has 9 nitrogen and oxygen atoms in total. The van der Waals surface area contributed by atoms with Gasteiger partial charge in [-0.2, -0.15) is 9.97 Å². The van der Waals surface area contributed by atoms with Crippen LogP contribution in [0.4, 0.5) is 15.9 Å². The summed E-state index contributed by atoms with van der Waals surface area (Å²) in [5.41, 5.74) is 9.93. The molecule has 1 amide bonds. The van der Waals surface area contributed by atoms with Gasteiger partial charge in [-0.05, 0) is 49.1 Å². The Bertz CT molecular complexity index is 1570. The molecule has 0 radical (unpaired) electrons. The van der Waals surface area contributed by atoms with E-state index in [-0.39, 0.29) is 29.2 Å². The van der Waals surface area contributed by atoms with E-state index in [0.29, 0.717) is 40.4 Å². The van der Waals surface area contributed by atoms with Crippen LogP contribution >= 0.6 is 0 Å². The Balaban J connectivity index is 1.37. The number of carbonyl (C=O) groups is 1. The lowest BCUT2D eigenvalue weighted by atomic mass is 10.0. The SMILES string of the molecule is CNc1cc(F)cc2c1[nH]c1nc(Oc3ccc4c(c3)C(=O)NCC4)nc(N3CC[C@]4(C[C@@H]4N)C3)c12. The molecule has 1 saturated heterocycles. The number of amides is 1. The number of aromatic amines is 1. The Hall–Kier alpha value is -3.92. The third-order valence-electron chi connectivity index (χ3n) is 7.91. The molecule has 2 aliphatic heterocycles. The van der Waals surface area contributed by atoms with E-state index in [2.05, 4.69) is 25.5 Å². The molecule has 2 atom stereocenters. The third-order valence-corrected chi connectivity index (χ3v) is 7.91. The van der Waals surface area contributed by atoms with Crippen LogP contribution in [0.3, 0.4) is 0 Å². The quantitative estimate of drug-likeness (QED) is 0.349. The number of nitrogens with two attached hydrogens (primary N) is 1. The van der Waals surface area contributed by atoms with E-state index in [0.717, 1.165) is 48.8 Å². The molecule has 0 unspecified atom stereocenters. The number of ether oxygens (including phenoxy) is 1. The van der Waals surface area contributed by atoms with Crippen LogP contribution in [0.25, 0.3) is 21.9 Å². The second-order valence-electron chi connectivity index (χ2n) is 10.1. The number of hydrogen-bond donors (Lipinski definition) is 4. The second-order valence-corrected chi connectivity index (χ2v) is 10.1. The maximum atomic E-state index is 14.5. The minimum atomic E-state index is -0.339. The molecule has 4 heterocycles. The van der Waals surface area contributed by atoms with E-state index in [4.69, 9.17) is 15.5 Å². The molecule has 5 N–H and O–H groups in total. The second kappa shape index (κ2) is 7.54. The number of aromatic nitrogens is 3. The maximum absolute atomic E-state index is 14.5. The van der Waals surface area contributed by atoms with Crippen LogP contribution in [0.2, 0.25) is 0 Å². The van der Waals surface area contributed by atoms with Crippen molar-refractivity contribution >= 4 is 39.3 Å². The molecule has 1 spiro atoms. The van der Waals surface area contributed by atoms with Crippen molar-refractivity contribution in [3.63, 3.8) is 0 Å². The molecule has 3 aliphatic rings. The van der Waals surface area contributed by atoms with Gasteiger partial charge in [0.15, 0.2) is 0 Å². The summed E-state index contributed by atoms with van der Waals surface area (Å²) in [5.74, 6) is 0.726. The van der Waals surface area contributed by atoms with Gasteiger partial charge in [-0.15, -0.1) is 0 Å². The van der Waals surface area contributed by atoms with E-state index in [1.807, 2.05) is 12.1 Å². The molecule has 2 fully saturated rings. The molecular formula is C26H26FN7O2. The van der Waals surface area contributed by atoms with E-state index < -0.39 is 0 Å². The first-order valence-electron chi connectivity index (χ1n) is 12.2. The van der Waals surface area contributed by atoms with Crippen molar-refractivity contribution in [2.24, 2.45) is 11.1 Å². The fraction of sp³-hybridized carbons (Fsp3) is 0.346. The molecule has 184 valence electrons. The van der Waals surface area contributed by atoms with Crippen LogP contribution in [0, 0.1) is 11.2 Å². The van der Waals surface area contributed by atoms with E-state index in [1.165, 1.54) is 12.1 Å². The molecular weight excluding hydrogens is 461 g/mol. The van der Waals surface area contributed by atoms with Crippen LogP contribution in [0.1, 0.15) is 28.8 Å². The summed E-state index contributed by atoms with van der Waals surface area (Å²) >= 11 is 0. The Morgan fingerprint density at radius 2 is 2.14 bits per heavy atom. The van der Waals surface area contributed by atoms with Gasteiger partial charge in [-0.3, -0.25) is 4.79 Å². The number of fused-ring (bicyclic) bond motifs is 4. The van der Waals surface area contributed by atoms with Gasteiger partial charge in [0.25, 0.3) is 5.91 Å². The first-order chi connectivity index (χ1) is 17.4. The lowest BCUT2D eigenvalue weighted by Crippen LogP contribution is -2.31. The van der Waals surface area contributed by atoms with E-state index in [1.54, 1.807) is 13.1 Å². The first-order valence-corrected chi connectivity index (χ1v) is 12.2. The Morgan fingerprint density at radius 1 is 1.28 bits per heavy atom. The highest BCUT2D eigenvalue weighted by molar-refractivity contribution is 6.14. The lowest BCUT2D eigenvalue weighted by molar-refractivity contribution is 0.0945. The minimum absolute atomic E-state index is 0.112. The number of nitrogens with one attached hydrogen (secondary N) is 3. The summed E-state index contributed by atoms with van der Waals surface area (Å²) in [6.07, 6.45) is 2.78. The number of benzene rings is 2. The van der Waals surface area contributed by atoms with Crippen LogP contribution in [0.15, 0.2) is 30.3 Å². The van der Waals surface area contributed by atoms with Crippen molar-refractivity contribution in [2.75, 3.05) is 36.9 Å². The third kappa shape index (κ3) is 3.21. The van der Waals surface area contributed by atoms with Crippen molar-refractivity contribution in [3.05, 3.63) is 47.3 Å². The lowest BCUT2D eigenvalue weighted by Gasteiger charge is -2.20. The van der Waals surface area contributed by atoms with Crippen molar-refractivity contribution in [1.82, 2.24) is 20.3 Å². The number of rotatable bonds is 4. The average molecular weight is 488 g/mol. The van der Waals surface area contributed by atoms with E-state index >= 15 is 0 Å². The normalized spacial score (nSPS) is 22.8. The summed E-state index contributed by atoms with van der Waals surface area (Å²) in [6, 6.07) is 8.80. The van der Waals surface area contributed by atoms with Gasteiger partial charge in [-0.25, -0.2) is 4.39 Å². The summed E-state index contributed by atoms with van der Waals surface area (Å²) in [5, 5.41) is 7.39. The molecule has 36 heavy (non-hydrogen) atoms. The van der Waals surface area contributed by atoms with Gasteiger partial charge in [0.05, 0.1) is 16.6 Å². The molecule has 1 saturated carbocycles. The van der Waals surface area contributed by atoms with Crippen molar-refractivity contribution in [1.29, 1.82) is 0 Å². The van der Waals surface area contributed by atoms with Gasteiger partial charge in [0.2, 0.25) is 0 Å². The highest BCUT2D eigenvalue weighted by Crippen LogP contribution is 2.53. The number of hydrogen-bond acceptors (Lipinski definition) is 7. The molecule has 2 aromatic heterocycles. The largest absolute Gasteiger partial charge is 0.424 e. The first kappa shape index (κ1) is 21.4. The summed E-state index contributed by atoms with van der Waals surface area (Å²) in [6.45, 7) is 2.23. The minimum Gasteiger partial charge on any atom is -0.424 e. The van der Waals surface area contributed by atoms with Crippen molar-refractivity contribution in [2.45, 2.75) is 25.3 Å². The molecule has 1 aliphatic carbocycles. The zero-order valence-electron chi connectivity index (χ0n) is 19.8. The van der Waals surface area contributed by atoms with Gasteiger partial charge in [0, 0.05) is 49.1 Å². The molecule has 2 aromatic carbocycles. The number of H-pyrrole nitrogens is 1. The van der Waals surface area contributed by atoms with Gasteiger partial charge >= 0.3 is 6.01 Å². The highest BCUT2D eigenvalue weighted by atomic mass is 19.1. The summed E-state index contributed by atoms with van der Waals surface area (Å²) < 4.78 is 20.6. The smallest absolute Gasteiger partial charge is 0.325 e. The Kier molecular flexibility index (Phi) is 4.47. The maximum Gasteiger partial charge on any atom is 0.325 e. The Labute approximate surface area is 206 Å². The molecule has 0 bridgehead atoms. The average Bonchev–Trinajstić information content (AvgIpc) is 3.17. The predicted octanol–water partition coefficient (Wildman–Crippen LogP) is 3.30. The number of anilines is 2. The highest BCUT2D eigenvalue weighted by Gasteiger charge is 2.56. The summed E-state index contributed by atoms with van der Waals surface area (Å²) in [4.78, 5) is 27.3. The predicted molar refractivity (Wildman–Crippen MR) is 135 cm³/mol. The fourth-order valence-electron chi connectivity index (χ4n) is 5.78. The van der Waals surface area contributed by atoms with Crippen LogP contribution in [-0.4, -0.2) is 53.6 Å². The molecule has 7 rings (SSSR count). The zero-order chi connectivity index (χ0) is 24.6. The fourth-order valence-corrected chi connectivity index (χ4v) is 5.78. The monoisotopic (exact) mass is 487 g/mol. The zero-order valence-corrected chi connectivity index (χ0v) is 19.8. The van der Waals surface area contributed by atoms with E-state index in [9.17, 15) is 9.18 Å². The van der Waals surface area contributed by atoms with Crippen LogP contribution in [0.5, 0.6) is 11.8 Å². The number of halogens is 1. The van der Waals surface area contributed by atoms with Crippen LogP contribution in [-0.2, 0) is 6.42 Å². The molecule has 10 heteroatoms. The van der Waals surface area contributed by atoms with Gasteiger partial charge < -0.3 is 31.0 Å². The van der Waals surface area contributed by atoms with Crippen molar-refractivity contribution < 1.29 is 13.9 Å². The van der Waals surface area contributed by atoms with Gasteiger partial charge in [-0.1, -0.05) is 6.07 Å². The number of nitrogens with zero attached hydrogens (tertiary/aromatic N) is 3. The number of carbonyl (C=O) groups excluding carboxylic acids is 1. The molecule has 4 aromatic rings. The van der Waals surface area contributed by atoms with Crippen molar-refractivity contribution in [3.8, 4) is 11.8 Å². The topological polar surface area (TPSA) is 121 Å². The Morgan fingerprint density at radius 3 is 2.92 bits per heavy atom. The standard InChI is InChI=1S/C26H26FN7O2/c1-29-18-9-14(27)8-17-20-22(31-21(17)18)32-25(33-23(20)34-7-5-26(12-34)11-19(26)28)36-15-3-2-13-4-6-30-24(35)16(13)10-15/h2-3,8-10,19,29H,4-7,11-12,28H2,1H3,(H,30,35)(H,31,32,33)/t19-,26-/m0/s1. The van der Waals surface area contributed by atoms with Crippen LogP contribution < -0.4 is 26.0 Å². The van der Waals surface area contributed by atoms with Gasteiger partial charge in [0.1, 0.15) is 23.0 Å².